The van der Waals surface area contributed by atoms with Gasteiger partial charge in [-0.25, -0.2) is 0 Å². The summed E-state index contributed by atoms with van der Waals surface area (Å²) >= 11 is 0. The lowest BCUT2D eigenvalue weighted by Gasteiger charge is -2.19. The van der Waals surface area contributed by atoms with E-state index >= 15 is 0 Å². The van der Waals surface area contributed by atoms with E-state index in [1.54, 1.807) is 6.07 Å². The molecule has 0 bridgehead atoms. The van der Waals surface area contributed by atoms with Crippen molar-refractivity contribution in [3.05, 3.63) is 54.1 Å². The van der Waals surface area contributed by atoms with Gasteiger partial charge in [0, 0.05) is 18.1 Å². The van der Waals surface area contributed by atoms with E-state index in [1.807, 2.05) is 30.3 Å². The standard InChI is InChI=1S/C38H57NO8/c1-2-3-4-5-6-7-8-9-10-11-12-13-14-15-16-20-24-46-34-27-32(38(44)39(30-36(40)41)31-37(42)43)28-35(29-34)47-26-21-25-45-33-22-18-17-19-23-33/h17-19,22-23,27-29H,2-16,20-21,24-26,30-31H2,1H3,(H,40,41)(H,42,43). The lowest BCUT2D eigenvalue weighted by Crippen LogP contribution is -2.39. The third-order valence-electron chi connectivity index (χ3n) is 7.90. The number of hydrogen-bond donors (Lipinski definition) is 2. The van der Waals surface area contributed by atoms with Gasteiger partial charge < -0.3 is 29.3 Å². The summed E-state index contributed by atoms with van der Waals surface area (Å²) in [7, 11) is 0. The van der Waals surface area contributed by atoms with Crippen LogP contribution in [-0.4, -0.2) is 65.9 Å². The highest BCUT2D eigenvalue weighted by Crippen LogP contribution is 2.25. The van der Waals surface area contributed by atoms with Gasteiger partial charge in [-0.15, -0.1) is 0 Å². The molecule has 0 saturated heterocycles. The molecule has 9 nitrogen and oxygen atoms in total. The van der Waals surface area contributed by atoms with Crippen molar-refractivity contribution in [2.45, 2.75) is 116 Å². The topological polar surface area (TPSA) is 123 Å². The monoisotopic (exact) mass is 655 g/mol. The first-order valence-corrected chi connectivity index (χ1v) is 17.7. The predicted octanol–water partition coefficient (Wildman–Crippen LogP) is 8.79. The molecule has 0 radical (unpaired) electrons. The van der Waals surface area contributed by atoms with Crippen LogP contribution in [0.25, 0.3) is 0 Å². The summed E-state index contributed by atoms with van der Waals surface area (Å²) in [6.45, 7) is 2.02. The minimum Gasteiger partial charge on any atom is -0.493 e. The van der Waals surface area contributed by atoms with Crippen LogP contribution in [0.5, 0.6) is 17.2 Å². The summed E-state index contributed by atoms with van der Waals surface area (Å²) < 4.78 is 17.6. The first kappa shape index (κ1) is 39.4. The van der Waals surface area contributed by atoms with Crippen LogP contribution < -0.4 is 14.2 Å². The Balaban J connectivity index is 1.76. The van der Waals surface area contributed by atoms with Gasteiger partial charge in [0.15, 0.2) is 0 Å². The van der Waals surface area contributed by atoms with Gasteiger partial charge in [0.1, 0.15) is 30.3 Å². The van der Waals surface area contributed by atoms with E-state index in [2.05, 4.69) is 6.92 Å². The number of amides is 1. The molecule has 0 unspecified atom stereocenters. The van der Waals surface area contributed by atoms with Gasteiger partial charge in [0.2, 0.25) is 0 Å². The fourth-order valence-electron chi connectivity index (χ4n) is 5.37. The molecule has 0 aliphatic heterocycles. The van der Waals surface area contributed by atoms with Crippen molar-refractivity contribution >= 4 is 17.8 Å². The minimum absolute atomic E-state index is 0.104. The smallest absolute Gasteiger partial charge is 0.323 e. The summed E-state index contributed by atoms with van der Waals surface area (Å²) in [6, 6.07) is 14.1. The fourth-order valence-corrected chi connectivity index (χ4v) is 5.37. The third-order valence-corrected chi connectivity index (χ3v) is 7.90. The molecular weight excluding hydrogens is 598 g/mol. The zero-order valence-electron chi connectivity index (χ0n) is 28.5. The number of carboxylic acid groups (broad SMARTS) is 2. The molecule has 47 heavy (non-hydrogen) atoms. The van der Waals surface area contributed by atoms with Crippen LogP contribution in [0.4, 0.5) is 0 Å². The van der Waals surface area contributed by atoms with Gasteiger partial charge in [-0.2, -0.15) is 0 Å². The number of para-hydroxylation sites is 1. The Kier molecular flexibility index (Phi) is 21.3. The maximum atomic E-state index is 13.2. The van der Waals surface area contributed by atoms with E-state index in [4.69, 9.17) is 14.2 Å². The van der Waals surface area contributed by atoms with Crippen molar-refractivity contribution < 1.29 is 38.8 Å². The highest BCUT2D eigenvalue weighted by atomic mass is 16.5. The number of carboxylic acids is 2. The van der Waals surface area contributed by atoms with E-state index in [0.717, 1.165) is 29.9 Å². The molecule has 0 atom stereocenters. The second-order valence-electron chi connectivity index (χ2n) is 12.2. The zero-order valence-corrected chi connectivity index (χ0v) is 28.5. The van der Waals surface area contributed by atoms with Crippen molar-refractivity contribution in [3.63, 3.8) is 0 Å². The van der Waals surface area contributed by atoms with Crippen LogP contribution in [0, 0.1) is 0 Å². The Hall–Kier alpha value is -3.75. The van der Waals surface area contributed by atoms with Gasteiger partial charge in [-0.1, -0.05) is 121 Å². The zero-order chi connectivity index (χ0) is 34.0. The molecule has 2 rings (SSSR count). The maximum Gasteiger partial charge on any atom is 0.323 e. The van der Waals surface area contributed by atoms with Crippen molar-refractivity contribution in [2.75, 3.05) is 32.9 Å². The lowest BCUT2D eigenvalue weighted by molar-refractivity contribution is -0.140. The maximum absolute atomic E-state index is 13.2. The highest BCUT2D eigenvalue weighted by molar-refractivity contribution is 5.98. The van der Waals surface area contributed by atoms with E-state index < -0.39 is 30.9 Å². The average Bonchev–Trinajstić information content (AvgIpc) is 3.05. The molecular formula is C38H57NO8. The Morgan fingerprint density at radius 1 is 0.532 bits per heavy atom. The molecule has 2 aromatic rings. The van der Waals surface area contributed by atoms with E-state index in [9.17, 15) is 24.6 Å². The molecule has 1 amide bonds. The van der Waals surface area contributed by atoms with Crippen molar-refractivity contribution in [1.82, 2.24) is 4.90 Å². The predicted molar refractivity (Wildman–Crippen MR) is 185 cm³/mol. The fraction of sp³-hybridized carbons (Fsp3) is 0.605. The largest absolute Gasteiger partial charge is 0.493 e. The van der Waals surface area contributed by atoms with E-state index in [-0.39, 0.29) is 5.56 Å². The molecule has 0 fully saturated rings. The van der Waals surface area contributed by atoms with Crippen molar-refractivity contribution in [1.29, 1.82) is 0 Å². The number of carbonyl (C=O) groups excluding carboxylic acids is 1. The molecule has 262 valence electrons. The summed E-state index contributed by atoms with van der Waals surface area (Å²) in [5.41, 5.74) is 0.104. The number of unbranched alkanes of at least 4 members (excludes halogenated alkanes) is 15. The van der Waals surface area contributed by atoms with Crippen LogP contribution in [0.2, 0.25) is 0 Å². The van der Waals surface area contributed by atoms with Gasteiger partial charge in [0.05, 0.1) is 19.8 Å². The van der Waals surface area contributed by atoms with Crippen LogP contribution in [0.3, 0.4) is 0 Å². The summed E-state index contributed by atoms with van der Waals surface area (Å²) in [4.78, 5) is 36.5. The Bertz CT molecular complexity index is 1120. The second kappa shape index (κ2) is 25.4. The number of aliphatic carboxylic acids is 2. The van der Waals surface area contributed by atoms with E-state index in [0.29, 0.717) is 37.7 Å². The number of carbonyl (C=O) groups is 3. The number of benzene rings is 2. The second-order valence-corrected chi connectivity index (χ2v) is 12.2. The molecule has 9 heteroatoms. The number of ether oxygens (including phenoxy) is 3. The van der Waals surface area contributed by atoms with Crippen molar-refractivity contribution in [3.8, 4) is 17.2 Å². The Morgan fingerprint density at radius 2 is 0.936 bits per heavy atom. The summed E-state index contributed by atoms with van der Waals surface area (Å²) in [5.74, 6) is -1.77. The first-order chi connectivity index (χ1) is 22.9. The van der Waals surface area contributed by atoms with Crippen LogP contribution in [-0.2, 0) is 9.59 Å². The molecule has 0 saturated carbocycles. The molecule has 0 aliphatic carbocycles. The molecule has 0 aliphatic rings. The molecule has 0 aromatic heterocycles. The summed E-state index contributed by atoms with van der Waals surface area (Å²) in [6.07, 6.45) is 21.1. The summed E-state index contributed by atoms with van der Waals surface area (Å²) in [5, 5.41) is 18.4. The Labute approximate surface area is 281 Å². The van der Waals surface area contributed by atoms with Crippen LogP contribution in [0.1, 0.15) is 126 Å². The quantitative estimate of drug-likeness (QED) is 0.0834. The van der Waals surface area contributed by atoms with E-state index in [1.165, 1.54) is 95.6 Å². The number of hydrogen-bond acceptors (Lipinski definition) is 6. The molecule has 0 spiro atoms. The van der Waals surface area contributed by atoms with Crippen LogP contribution in [0.15, 0.2) is 48.5 Å². The highest BCUT2D eigenvalue weighted by Gasteiger charge is 2.22. The van der Waals surface area contributed by atoms with Gasteiger partial charge in [0.25, 0.3) is 5.91 Å². The van der Waals surface area contributed by atoms with Crippen molar-refractivity contribution in [2.24, 2.45) is 0 Å². The van der Waals surface area contributed by atoms with Gasteiger partial charge in [-0.05, 0) is 30.7 Å². The lowest BCUT2D eigenvalue weighted by atomic mass is 10.0. The number of nitrogens with zero attached hydrogens (tertiary/aromatic N) is 1. The first-order valence-electron chi connectivity index (χ1n) is 17.7. The van der Waals surface area contributed by atoms with Crippen LogP contribution >= 0.6 is 0 Å². The SMILES string of the molecule is CCCCCCCCCCCCCCCCCCOc1cc(OCCCOc2ccccc2)cc(C(=O)N(CC(=O)O)CC(=O)O)c1. The minimum atomic E-state index is -1.30. The molecule has 2 N–H and O–H groups in total. The van der Waals surface area contributed by atoms with Gasteiger partial charge >= 0.3 is 11.9 Å². The number of rotatable bonds is 29. The third kappa shape index (κ3) is 19.5. The normalized spacial score (nSPS) is 10.8. The van der Waals surface area contributed by atoms with Gasteiger partial charge in [-0.3, -0.25) is 14.4 Å². The average molecular weight is 656 g/mol. The Morgan fingerprint density at radius 3 is 1.38 bits per heavy atom. The molecule has 2 aromatic carbocycles. The molecule has 0 heterocycles.